The molecule has 5 nitrogen and oxygen atoms in total. The predicted molar refractivity (Wildman–Crippen MR) is 95.2 cm³/mol. The van der Waals surface area contributed by atoms with E-state index < -0.39 is 10.0 Å². The van der Waals surface area contributed by atoms with Crippen molar-refractivity contribution in [3.8, 4) is 0 Å². The van der Waals surface area contributed by atoms with Gasteiger partial charge in [0.25, 0.3) is 0 Å². The highest BCUT2D eigenvalue weighted by Crippen LogP contribution is 2.21. The number of rotatable bonds is 8. The van der Waals surface area contributed by atoms with E-state index in [4.69, 9.17) is 0 Å². The van der Waals surface area contributed by atoms with Crippen LogP contribution in [-0.2, 0) is 14.8 Å². The molecule has 0 radical (unpaired) electrons. The second kappa shape index (κ2) is 8.34. The molecule has 0 fully saturated rings. The van der Waals surface area contributed by atoms with Crippen molar-refractivity contribution in [2.75, 3.05) is 23.7 Å². The summed E-state index contributed by atoms with van der Waals surface area (Å²) in [5, 5.41) is 2.85. The average Bonchev–Trinajstić information content (AvgIpc) is 2.38. The number of nitrogens with zero attached hydrogens (tertiary/aromatic N) is 1. The molecule has 6 heteroatoms. The van der Waals surface area contributed by atoms with Gasteiger partial charge < -0.3 is 5.32 Å². The summed E-state index contributed by atoms with van der Waals surface area (Å²) in [6.45, 7) is 8.90. The Morgan fingerprint density at radius 3 is 2.22 bits per heavy atom. The highest BCUT2D eigenvalue weighted by Gasteiger charge is 2.18. The number of amides is 1. The Labute approximate surface area is 140 Å². The molecule has 0 unspecified atom stereocenters. The van der Waals surface area contributed by atoms with Crippen molar-refractivity contribution < 1.29 is 13.2 Å². The summed E-state index contributed by atoms with van der Waals surface area (Å²) in [4.78, 5) is 11.7. The van der Waals surface area contributed by atoms with Crippen LogP contribution < -0.4 is 9.62 Å². The SMILES string of the molecule is Cc1cc(C)cc(N(CCCC(=O)NCC(C)C)S(C)(=O)=O)c1. The summed E-state index contributed by atoms with van der Waals surface area (Å²) in [5.74, 6) is 0.370. The standard InChI is InChI=1S/C17H28N2O3S/c1-13(2)12-18-17(20)7-6-8-19(23(5,21)22)16-10-14(3)9-15(4)11-16/h9-11,13H,6-8,12H2,1-5H3,(H,18,20). The maximum absolute atomic E-state index is 12.1. The van der Waals surface area contributed by atoms with Gasteiger partial charge in [0.05, 0.1) is 11.9 Å². The topological polar surface area (TPSA) is 66.5 Å². The van der Waals surface area contributed by atoms with Crippen molar-refractivity contribution in [1.29, 1.82) is 0 Å². The fraction of sp³-hybridized carbons (Fsp3) is 0.588. The number of carbonyl (C=O) groups is 1. The smallest absolute Gasteiger partial charge is 0.232 e. The molecule has 1 N–H and O–H groups in total. The number of benzene rings is 1. The maximum Gasteiger partial charge on any atom is 0.232 e. The molecular formula is C17H28N2O3S. The summed E-state index contributed by atoms with van der Waals surface area (Å²) < 4.78 is 25.5. The third-order valence-electron chi connectivity index (χ3n) is 3.37. The predicted octanol–water partition coefficient (Wildman–Crippen LogP) is 2.62. The van der Waals surface area contributed by atoms with E-state index in [1.54, 1.807) is 0 Å². The monoisotopic (exact) mass is 340 g/mol. The van der Waals surface area contributed by atoms with Crippen LogP contribution in [0.25, 0.3) is 0 Å². The summed E-state index contributed by atoms with van der Waals surface area (Å²) in [6.07, 6.45) is 2.01. The van der Waals surface area contributed by atoms with Gasteiger partial charge in [-0.25, -0.2) is 8.42 Å². The van der Waals surface area contributed by atoms with Gasteiger partial charge in [-0.3, -0.25) is 9.10 Å². The van der Waals surface area contributed by atoms with Crippen molar-refractivity contribution >= 4 is 21.6 Å². The molecule has 1 aromatic rings. The lowest BCUT2D eigenvalue weighted by atomic mass is 10.1. The highest BCUT2D eigenvalue weighted by molar-refractivity contribution is 7.92. The van der Waals surface area contributed by atoms with Crippen LogP contribution in [0.2, 0.25) is 0 Å². The maximum atomic E-state index is 12.1. The molecule has 0 aromatic heterocycles. The van der Waals surface area contributed by atoms with Crippen LogP contribution in [0.5, 0.6) is 0 Å². The van der Waals surface area contributed by atoms with E-state index in [1.165, 1.54) is 10.6 Å². The van der Waals surface area contributed by atoms with E-state index in [-0.39, 0.29) is 5.91 Å². The third kappa shape index (κ3) is 7.03. The Morgan fingerprint density at radius 1 is 1.17 bits per heavy atom. The minimum atomic E-state index is -3.37. The molecule has 0 saturated heterocycles. The van der Waals surface area contributed by atoms with Crippen molar-refractivity contribution in [1.82, 2.24) is 5.32 Å². The van der Waals surface area contributed by atoms with Crippen molar-refractivity contribution in [2.45, 2.75) is 40.5 Å². The lowest BCUT2D eigenvalue weighted by Crippen LogP contribution is -2.32. The van der Waals surface area contributed by atoms with Crippen molar-refractivity contribution in [2.24, 2.45) is 5.92 Å². The number of aryl methyl sites for hydroxylation is 2. The average molecular weight is 340 g/mol. The molecule has 0 aliphatic carbocycles. The zero-order chi connectivity index (χ0) is 17.6. The van der Waals surface area contributed by atoms with E-state index in [0.717, 1.165) is 11.1 Å². The molecule has 1 amide bonds. The van der Waals surface area contributed by atoms with E-state index in [2.05, 4.69) is 5.32 Å². The molecule has 0 saturated carbocycles. The number of carbonyl (C=O) groups excluding carboxylic acids is 1. The zero-order valence-electron chi connectivity index (χ0n) is 14.7. The first-order valence-electron chi connectivity index (χ1n) is 7.92. The van der Waals surface area contributed by atoms with Gasteiger partial charge in [0.15, 0.2) is 0 Å². The normalized spacial score (nSPS) is 11.6. The first kappa shape index (κ1) is 19.5. The number of nitrogens with one attached hydrogen (secondary N) is 1. The van der Waals surface area contributed by atoms with Crippen LogP contribution in [0, 0.1) is 19.8 Å². The third-order valence-corrected chi connectivity index (χ3v) is 4.56. The number of hydrogen-bond acceptors (Lipinski definition) is 3. The minimum absolute atomic E-state index is 0.0347. The molecule has 0 atom stereocenters. The van der Waals surface area contributed by atoms with Gasteiger partial charge in [-0.1, -0.05) is 19.9 Å². The van der Waals surface area contributed by atoms with Crippen LogP contribution in [0.15, 0.2) is 18.2 Å². The van der Waals surface area contributed by atoms with Crippen LogP contribution in [-0.4, -0.2) is 33.7 Å². The molecule has 1 aromatic carbocycles. The second-order valence-corrected chi connectivity index (χ2v) is 8.39. The fourth-order valence-electron chi connectivity index (χ4n) is 2.37. The molecule has 1 rings (SSSR count). The van der Waals surface area contributed by atoms with E-state index in [0.29, 0.717) is 37.5 Å². The largest absolute Gasteiger partial charge is 0.356 e. The number of anilines is 1. The van der Waals surface area contributed by atoms with Gasteiger partial charge in [-0.15, -0.1) is 0 Å². The highest BCUT2D eigenvalue weighted by atomic mass is 32.2. The van der Waals surface area contributed by atoms with Gasteiger partial charge in [0.2, 0.25) is 15.9 Å². The zero-order valence-corrected chi connectivity index (χ0v) is 15.5. The van der Waals surface area contributed by atoms with Crippen molar-refractivity contribution in [3.05, 3.63) is 29.3 Å². The molecular weight excluding hydrogens is 312 g/mol. The van der Waals surface area contributed by atoms with E-state index in [1.807, 2.05) is 45.9 Å². The van der Waals surface area contributed by atoms with Crippen LogP contribution in [0.3, 0.4) is 0 Å². The van der Waals surface area contributed by atoms with E-state index >= 15 is 0 Å². The van der Waals surface area contributed by atoms with Crippen LogP contribution in [0.1, 0.15) is 37.8 Å². The molecule has 0 heterocycles. The van der Waals surface area contributed by atoms with E-state index in [9.17, 15) is 13.2 Å². The van der Waals surface area contributed by atoms with Gasteiger partial charge in [0, 0.05) is 19.5 Å². The summed E-state index contributed by atoms with van der Waals surface area (Å²) in [6, 6.07) is 5.71. The summed E-state index contributed by atoms with van der Waals surface area (Å²) >= 11 is 0. The van der Waals surface area contributed by atoms with Gasteiger partial charge in [-0.05, 0) is 49.4 Å². The molecule has 0 bridgehead atoms. The lowest BCUT2D eigenvalue weighted by Gasteiger charge is -2.23. The number of hydrogen-bond donors (Lipinski definition) is 1. The molecule has 130 valence electrons. The minimum Gasteiger partial charge on any atom is -0.356 e. The quantitative estimate of drug-likeness (QED) is 0.791. The second-order valence-electron chi connectivity index (χ2n) is 6.48. The van der Waals surface area contributed by atoms with Gasteiger partial charge >= 0.3 is 0 Å². The summed E-state index contributed by atoms with van der Waals surface area (Å²) in [5.41, 5.74) is 2.69. The Kier molecular flexibility index (Phi) is 7.06. The Morgan fingerprint density at radius 2 is 1.74 bits per heavy atom. The molecule has 0 spiro atoms. The first-order chi connectivity index (χ1) is 10.6. The summed E-state index contributed by atoms with van der Waals surface area (Å²) in [7, 11) is -3.37. The molecule has 23 heavy (non-hydrogen) atoms. The lowest BCUT2D eigenvalue weighted by molar-refractivity contribution is -0.121. The molecule has 0 aliphatic heterocycles. The van der Waals surface area contributed by atoms with Crippen LogP contribution >= 0.6 is 0 Å². The van der Waals surface area contributed by atoms with Crippen molar-refractivity contribution in [3.63, 3.8) is 0 Å². The van der Waals surface area contributed by atoms with Crippen LogP contribution in [0.4, 0.5) is 5.69 Å². The molecule has 0 aliphatic rings. The van der Waals surface area contributed by atoms with Gasteiger partial charge in [-0.2, -0.15) is 0 Å². The Balaban J connectivity index is 2.72. The first-order valence-corrected chi connectivity index (χ1v) is 9.77. The van der Waals surface area contributed by atoms with Gasteiger partial charge in [0.1, 0.15) is 0 Å². The number of sulfonamides is 1. The fourth-order valence-corrected chi connectivity index (χ4v) is 3.32. The Bertz CT molecular complexity index is 619. The Hall–Kier alpha value is -1.56.